The van der Waals surface area contributed by atoms with Gasteiger partial charge < -0.3 is 4.74 Å². The average Bonchev–Trinajstić information content (AvgIpc) is 2.58. The summed E-state index contributed by atoms with van der Waals surface area (Å²) in [6.45, 7) is 7.92. The Morgan fingerprint density at radius 2 is 2.24 bits per heavy atom. The monoisotopic (exact) mass is 239 g/mol. The normalized spacial score (nSPS) is 13.5. The van der Waals surface area contributed by atoms with Crippen LogP contribution in [0.5, 0.6) is 0 Å². The molecule has 5 heteroatoms. The van der Waals surface area contributed by atoms with Crippen LogP contribution in [0.2, 0.25) is 0 Å². The smallest absolute Gasteiger partial charge is 0.323 e. The first-order chi connectivity index (χ1) is 7.78. The molecule has 0 bridgehead atoms. The van der Waals surface area contributed by atoms with Gasteiger partial charge in [-0.15, -0.1) is 0 Å². The fourth-order valence-corrected chi connectivity index (χ4v) is 1.29. The van der Waals surface area contributed by atoms with E-state index in [4.69, 9.17) is 4.74 Å². The Kier molecular flexibility index (Phi) is 4.28. The van der Waals surface area contributed by atoms with Crippen molar-refractivity contribution in [2.24, 2.45) is 7.05 Å². The van der Waals surface area contributed by atoms with E-state index in [-0.39, 0.29) is 12.0 Å². The fourth-order valence-electron chi connectivity index (χ4n) is 1.29. The van der Waals surface area contributed by atoms with E-state index < -0.39 is 5.60 Å². The number of carbonyl (C=O) groups is 1. The van der Waals surface area contributed by atoms with Gasteiger partial charge in [-0.2, -0.15) is 5.10 Å². The number of carbonyl (C=O) groups excluding carboxylic acids is 1. The maximum Gasteiger partial charge on any atom is 0.323 e. The van der Waals surface area contributed by atoms with Crippen LogP contribution >= 0.6 is 0 Å². The predicted molar refractivity (Wildman–Crippen MR) is 65.4 cm³/mol. The van der Waals surface area contributed by atoms with Crippen LogP contribution in [0.1, 0.15) is 33.4 Å². The standard InChI is InChI=1S/C12H21N3O2/c1-9(11(16)17-12(2,3)4)13-8-10-6-7-15(5)14-10/h6-7,9,13H,8H2,1-5H3. The molecule has 0 saturated carbocycles. The molecule has 17 heavy (non-hydrogen) atoms. The number of nitrogens with zero attached hydrogens (tertiary/aromatic N) is 2. The van der Waals surface area contributed by atoms with E-state index in [9.17, 15) is 4.79 Å². The maximum absolute atomic E-state index is 11.7. The second-order valence-electron chi connectivity index (χ2n) is 5.12. The molecule has 1 heterocycles. The molecule has 1 unspecified atom stereocenters. The van der Waals surface area contributed by atoms with Gasteiger partial charge in [0.1, 0.15) is 11.6 Å². The molecule has 1 atom stereocenters. The maximum atomic E-state index is 11.7. The van der Waals surface area contributed by atoms with Gasteiger partial charge in [-0.1, -0.05) is 0 Å². The van der Waals surface area contributed by atoms with E-state index in [1.54, 1.807) is 11.6 Å². The van der Waals surface area contributed by atoms with Crippen molar-refractivity contribution in [1.29, 1.82) is 0 Å². The molecule has 96 valence electrons. The highest BCUT2D eigenvalue weighted by molar-refractivity contribution is 5.75. The molecule has 0 spiro atoms. The summed E-state index contributed by atoms with van der Waals surface area (Å²) in [6, 6.07) is 1.57. The quantitative estimate of drug-likeness (QED) is 0.803. The van der Waals surface area contributed by atoms with Crippen LogP contribution < -0.4 is 5.32 Å². The number of hydrogen-bond donors (Lipinski definition) is 1. The van der Waals surface area contributed by atoms with Gasteiger partial charge in [0.25, 0.3) is 0 Å². The molecule has 0 aliphatic carbocycles. The number of aryl methyl sites for hydroxylation is 1. The van der Waals surface area contributed by atoms with E-state index in [0.717, 1.165) is 5.69 Å². The van der Waals surface area contributed by atoms with Crippen LogP contribution in [0.3, 0.4) is 0 Å². The molecule has 0 radical (unpaired) electrons. The van der Waals surface area contributed by atoms with Crippen molar-refractivity contribution in [1.82, 2.24) is 15.1 Å². The van der Waals surface area contributed by atoms with E-state index in [1.165, 1.54) is 0 Å². The lowest BCUT2D eigenvalue weighted by Crippen LogP contribution is -2.38. The highest BCUT2D eigenvalue weighted by Gasteiger charge is 2.21. The highest BCUT2D eigenvalue weighted by atomic mass is 16.6. The lowest BCUT2D eigenvalue weighted by atomic mass is 10.2. The molecule has 0 aliphatic rings. The van der Waals surface area contributed by atoms with Crippen LogP contribution in [-0.2, 0) is 23.1 Å². The van der Waals surface area contributed by atoms with Crippen LogP contribution in [0.15, 0.2) is 12.3 Å². The third-order valence-corrected chi connectivity index (χ3v) is 2.12. The zero-order chi connectivity index (χ0) is 13.1. The third kappa shape index (κ3) is 4.99. The Hall–Kier alpha value is -1.36. The average molecular weight is 239 g/mol. The molecule has 1 aromatic heterocycles. The molecule has 0 fully saturated rings. The van der Waals surface area contributed by atoms with Crippen LogP contribution in [0, 0.1) is 0 Å². The number of hydrogen-bond acceptors (Lipinski definition) is 4. The van der Waals surface area contributed by atoms with Gasteiger partial charge >= 0.3 is 5.97 Å². The number of aromatic nitrogens is 2. The van der Waals surface area contributed by atoms with Crippen molar-refractivity contribution in [2.45, 2.75) is 45.9 Å². The Balaban J connectivity index is 2.39. The minimum Gasteiger partial charge on any atom is -0.459 e. The summed E-state index contributed by atoms with van der Waals surface area (Å²) < 4.78 is 7.00. The molecular weight excluding hydrogens is 218 g/mol. The van der Waals surface area contributed by atoms with Gasteiger partial charge in [-0.05, 0) is 33.8 Å². The molecular formula is C12H21N3O2. The van der Waals surface area contributed by atoms with Crippen molar-refractivity contribution in [2.75, 3.05) is 0 Å². The summed E-state index contributed by atoms with van der Waals surface area (Å²) in [5.74, 6) is -0.242. The number of rotatable bonds is 4. The second-order valence-corrected chi connectivity index (χ2v) is 5.12. The number of ether oxygens (including phenoxy) is 1. The molecule has 0 aliphatic heterocycles. The SMILES string of the molecule is CC(NCc1ccn(C)n1)C(=O)OC(C)(C)C. The largest absolute Gasteiger partial charge is 0.459 e. The molecule has 1 aromatic rings. The van der Waals surface area contributed by atoms with E-state index in [0.29, 0.717) is 6.54 Å². The molecule has 0 aromatic carbocycles. The summed E-state index contributed by atoms with van der Waals surface area (Å²) >= 11 is 0. The van der Waals surface area contributed by atoms with Gasteiger partial charge in [0, 0.05) is 19.8 Å². The van der Waals surface area contributed by atoms with Gasteiger partial charge in [-0.25, -0.2) is 0 Å². The minimum atomic E-state index is -0.446. The van der Waals surface area contributed by atoms with E-state index in [1.807, 2.05) is 40.1 Å². The number of esters is 1. The van der Waals surface area contributed by atoms with Crippen LogP contribution in [0.4, 0.5) is 0 Å². The lowest BCUT2D eigenvalue weighted by molar-refractivity contribution is -0.157. The van der Waals surface area contributed by atoms with Gasteiger partial charge in [-0.3, -0.25) is 14.8 Å². The minimum absolute atomic E-state index is 0.242. The molecule has 1 N–H and O–H groups in total. The fraction of sp³-hybridized carbons (Fsp3) is 0.667. The molecule has 1 rings (SSSR count). The van der Waals surface area contributed by atoms with Crippen molar-refractivity contribution >= 4 is 5.97 Å². The summed E-state index contributed by atoms with van der Waals surface area (Å²) in [4.78, 5) is 11.7. The highest BCUT2D eigenvalue weighted by Crippen LogP contribution is 2.08. The van der Waals surface area contributed by atoms with Crippen molar-refractivity contribution < 1.29 is 9.53 Å². The van der Waals surface area contributed by atoms with E-state index >= 15 is 0 Å². The zero-order valence-electron chi connectivity index (χ0n) is 11.2. The zero-order valence-corrected chi connectivity index (χ0v) is 11.2. The Bertz CT molecular complexity index is 379. The van der Waals surface area contributed by atoms with Crippen molar-refractivity contribution in [3.8, 4) is 0 Å². The first-order valence-electron chi connectivity index (χ1n) is 5.73. The van der Waals surface area contributed by atoms with Gasteiger partial charge in [0.05, 0.1) is 5.69 Å². The predicted octanol–water partition coefficient (Wildman–Crippen LogP) is 1.24. The van der Waals surface area contributed by atoms with Crippen LogP contribution in [-0.4, -0.2) is 27.4 Å². The topological polar surface area (TPSA) is 56.2 Å². The van der Waals surface area contributed by atoms with Gasteiger partial charge in [0.15, 0.2) is 0 Å². The number of nitrogens with one attached hydrogen (secondary N) is 1. The lowest BCUT2D eigenvalue weighted by Gasteiger charge is -2.22. The first kappa shape index (κ1) is 13.7. The summed E-state index contributed by atoms with van der Waals surface area (Å²) in [5.41, 5.74) is 0.459. The Labute approximate surface area is 102 Å². The summed E-state index contributed by atoms with van der Waals surface area (Å²) in [5, 5.41) is 7.30. The van der Waals surface area contributed by atoms with Crippen LogP contribution in [0.25, 0.3) is 0 Å². The van der Waals surface area contributed by atoms with Crippen molar-refractivity contribution in [3.05, 3.63) is 18.0 Å². The first-order valence-corrected chi connectivity index (χ1v) is 5.73. The molecule has 5 nitrogen and oxygen atoms in total. The Morgan fingerprint density at radius 1 is 1.59 bits per heavy atom. The van der Waals surface area contributed by atoms with Crippen molar-refractivity contribution in [3.63, 3.8) is 0 Å². The third-order valence-electron chi connectivity index (χ3n) is 2.12. The Morgan fingerprint density at radius 3 is 2.71 bits per heavy atom. The summed E-state index contributed by atoms with van der Waals surface area (Å²) in [7, 11) is 1.86. The van der Waals surface area contributed by atoms with Gasteiger partial charge in [0.2, 0.25) is 0 Å². The second kappa shape index (κ2) is 5.31. The van der Waals surface area contributed by atoms with E-state index in [2.05, 4.69) is 10.4 Å². The molecule has 0 saturated heterocycles. The summed E-state index contributed by atoms with van der Waals surface area (Å²) in [6.07, 6.45) is 1.87. The molecule has 0 amide bonds.